The van der Waals surface area contributed by atoms with Crippen LogP contribution >= 0.6 is 11.6 Å². The number of H-pyrrole nitrogens is 1. The van der Waals surface area contributed by atoms with Gasteiger partial charge >= 0.3 is 0 Å². The van der Waals surface area contributed by atoms with Crippen molar-refractivity contribution in [3.63, 3.8) is 0 Å². The van der Waals surface area contributed by atoms with E-state index in [1.54, 1.807) is 12.1 Å². The van der Waals surface area contributed by atoms with E-state index in [9.17, 15) is 4.79 Å². The van der Waals surface area contributed by atoms with E-state index in [2.05, 4.69) is 42.2 Å². The van der Waals surface area contributed by atoms with Crippen molar-refractivity contribution in [2.24, 2.45) is 0 Å². The molecule has 1 amide bonds. The van der Waals surface area contributed by atoms with Crippen LogP contribution in [0.15, 0.2) is 79.0 Å². The summed E-state index contributed by atoms with van der Waals surface area (Å²) in [7, 11) is 0. The Labute approximate surface area is 187 Å². The van der Waals surface area contributed by atoms with Gasteiger partial charge in [0, 0.05) is 29.2 Å². The number of fused-ring (bicyclic) bond motifs is 1. The number of aromatic amines is 1. The summed E-state index contributed by atoms with van der Waals surface area (Å²) < 4.78 is 5.76. The molecular formula is C26H25ClN2O2. The first-order valence-electron chi connectivity index (χ1n) is 10.4. The molecule has 0 aliphatic rings. The van der Waals surface area contributed by atoms with Crippen LogP contribution in [0.2, 0.25) is 5.02 Å². The second-order valence-electron chi connectivity index (χ2n) is 7.50. The monoisotopic (exact) mass is 432 g/mol. The van der Waals surface area contributed by atoms with Gasteiger partial charge in [-0.15, -0.1) is 0 Å². The van der Waals surface area contributed by atoms with Crippen LogP contribution in [0.5, 0.6) is 5.75 Å². The standard InChI is InChI=1S/C26H25ClN2O2/c1-3-29(25(30)17-31-24-11-7-5-9-22(24)27)26(19-14-12-18(2)13-15-19)21-16-28-23-10-6-4-8-20(21)23/h4-16,26,28H,3,17H2,1-2H3/t26-/m1/s1. The fourth-order valence-electron chi connectivity index (χ4n) is 3.88. The summed E-state index contributed by atoms with van der Waals surface area (Å²) in [6, 6.07) is 23.4. The normalized spacial score (nSPS) is 12.0. The van der Waals surface area contributed by atoms with Crippen LogP contribution in [-0.4, -0.2) is 28.9 Å². The molecule has 1 N–H and O–H groups in total. The third-order valence-corrected chi connectivity index (χ3v) is 5.78. The van der Waals surface area contributed by atoms with E-state index in [0.717, 1.165) is 22.0 Å². The molecule has 0 fully saturated rings. The van der Waals surface area contributed by atoms with Gasteiger partial charge in [-0.1, -0.05) is 71.8 Å². The summed E-state index contributed by atoms with van der Waals surface area (Å²) in [5.74, 6) is 0.408. The molecule has 0 bridgehead atoms. The Balaban J connectivity index is 1.69. The summed E-state index contributed by atoms with van der Waals surface area (Å²) in [6.07, 6.45) is 2.00. The maximum Gasteiger partial charge on any atom is 0.261 e. The molecule has 1 heterocycles. The zero-order valence-corrected chi connectivity index (χ0v) is 18.4. The van der Waals surface area contributed by atoms with Crippen molar-refractivity contribution in [1.29, 1.82) is 0 Å². The molecule has 4 aromatic rings. The zero-order valence-electron chi connectivity index (χ0n) is 17.6. The van der Waals surface area contributed by atoms with Crippen LogP contribution in [-0.2, 0) is 4.79 Å². The highest BCUT2D eigenvalue weighted by molar-refractivity contribution is 6.32. The second kappa shape index (κ2) is 9.27. The molecule has 0 unspecified atom stereocenters. The first kappa shape index (κ1) is 21.0. The number of halogens is 1. The third kappa shape index (κ3) is 4.44. The molecule has 3 aromatic carbocycles. The average molecular weight is 433 g/mol. The lowest BCUT2D eigenvalue weighted by molar-refractivity contribution is -0.134. The number of aryl methyl sites for hydroxylation is 1. The Morgan fingerprint density at radius 1 is 1.03 bits per heavy atom. The molecule has 158 valence electrons. The van der Waals surface area contributed by atoms with Crippen LogP contribution in [0, 0.1) is 6.92 Å². The predicted molar refractivity (Wildman–Crippen MR) is 126 cm³/mol. The van der Waals surface area contributed by atoms with Gasteiger partial charge in [-0.05, 0) is 37.6 Å². The maximum absolute atomic E-state index is 13.3. The molecule has 0 aliphatic carbocycles. The number of carbonyl (C=O) groups excluding carboxylic acids is 1. The Morgan fingerprint density at radius 2 is 1.74 bits per heavy atom. The second-order valence-corrected chi connectivity index (χ2v) is 7.91. The van der Waals surface area contributed by atoms with Crippen molar-refractivity contribution in [1.82, 2.24) is 9.88 Å². The van der Waals surface area contributed by atoms with Crippen molar-refractivity contribution in [3.05, 3.63) is 101 Å². The van der Waals surface area contributed by atoms with Crippen molar-refractivity contribution in [2.45, 2.75) is 19.9 Å². The first-order valence-corrected chi connectivity index (χ1v) is 10.8. The Morgan fingerprint density at radius 3 is 2.48 bits per heavy atom. The minimum atomic E-state index is -0.232. The molecule has 0 aliphatic heterocycles. The smallest absolute Gasteiger partial charge is 0.261 e. The number of nitrogens with one attached hydrogen (secondary N) is 1. The van der Waals surface area contributed by atoms with Crippen LogP contribution in [0.3, 0.4) is 0 Å². The topological polar surface area (TPSA) is 45.3 Å². The van der Waals surface area contributed by atoms with E-state index in [-0.39, 0.29) is 18.6 Å². The number of benzene rings is 3. The van der Waals surface area contributed by atoms with Gasteiger partial charge in [0.2, 0.25) is 0 Å². The number of hydrogen-bond donors (Lipinski definition) is 1. The predicted octanol–water partition coefficient (Wildman–Crippen LogP) is 6.15. The number of carbonyl (C=O) groups is 1. The van der Waals surface area contributed by atoms with Gasteiger partial charge in [0.05, 0.1) is 11.1 Å². The lowest BCUT2D eigenvalue weighted by Crippen LogP contribution is -2.38. The Kier molecular flexibility index (Phi) is 6.28. The quantitative estimate of drug-likeness (QED) is 0.381. The van der Waals surface area contributed by atoms with Gasteiger partial charge in [-0.2, -0.15) is 0 Å². The summed E-state index contributed by atoms with van der Waals surface area (Å²) >= 11 is 6.19. The van der Waals surface area contributed by atoms with Gasteiger partial charge in [-0.25, -0.2) is 0 Å². The number of likely N-dealkylation sites (N-methyl/N-ethyl adjacent to an activating group) is 1. The highest BCUT2D eigenvalue weighted by atomic mass is 35.5. The number of hydrogen-bond acceptors (Lipinski definition) is 2. The minimum absolute atomic E-state index is 0.0811. The molecule has 0 saturated heterocycles. The molecule has 1 aromatic heterocycles. The van der Waals surface area contributed by atoms with Crippen LogP contribution in [0.25, 0.3) is 10.9 Å². The highest BCUT2D eigenvalue weighted by Gasteiger charge is 2.28. The minimum Gasteiger partial charge on any atom is -0.482 e. The molecule has 0 saturated carbocycles. The van der Waals surface area contributed by atoms with E-state index in [1.807, 2.05) is 48.4 Å². The molecule has 1 atom stereocenters. The number of nitrogens with zero attached hydrogens (tertiary/aromatic N) is 1. The van der Waals surface area contributed by atoms with E-state index in [4.69, 9.17) is 16.3 Å². The van der Waals surface area contributed by atoms with Gasteiger partial charge < -0.3 is 14.6 Å². The lowest BCUT2D eigenvalue weighted by atomic mass is 9.95. The third-order valence-electron chi connectivity index (χ3n) is 5.47. The molecule has 5 heteroatoms. The van der Waals surface area contributed by atoms with Crippen LogP contribution in [0.1, 0.15) is 29.7 Å². The SMILES string of the molecule is CCN(C(=O)COc1ccccc1Cl)[C@H](c1ccc(C)cc1)c1c[nH]c2ccccc12. The zero-order chi connectivity index (χ0) is 21.8. The summed E-state index contributed by atoms with van der Waals surface area (Å²) in [6.45, 7) is 4.51. The number of aromatic nitrogens is 1. The van der Waals surface area contributed by atoms with Crippen LogP contribution < -0.4 is 4.74 Å². The largest absolute Gasteiger partial charge is 0.482 e. The molecular weight excluding hydrogens is 408 g/mol. The van der Waals surface area contributed by atoms with Crippen molar-refractivity contribution >= 4 is 28.4 Å². The number of para-hydroxylation sites is 2. The fourth-order valence-corrected chi connectivity index (χ4v) is 4.07. The van der Waals surface area contributed by atoms with Crippen molar-refractivity contribution in [3.8, 4) is 5.75 Å². The van der Waals surface area contributed by atoms with E-state index in [1.165, 1.54) is 5.56 Å². The van der Waals surface area contributed by atoms with E-state index < -0.39 is 0 Å². The lowest BCUT2D eigenvalue weighted by Gasteiger charge is -2.31. The van der Waals surface area contributed by atoms with E-state index in [0.29, 0.717) is 17.3 Å². The van der Waals surface area contributed by atoms with Crippen molar-refractivity contribution in [2.75, 3.05) is 13.2 Å². The number of amides is 1. The summed E-state index contributed by atoms with van der Waals surface area (Å²) in [5.41, 5.74) is 4.35. The Hall–Kier alpha value is -3.24. The number of rotatable bonds is 7. The summed E-state index contributed by atoms with van der Waals surface area (Å²) in [5, 5.41) is 1.59. The molecule has 0 radical (unpaired) electrons. The average Bonchev–Trinajstić information content (AvgIpc) is 3.21. The highest BCUT2D eigenvalue weighted by Crippen LogP contribution is 2.34. The van der Waals surface area contributed by atoms with Gasteiger partial charge in [-0.3, -0.25) is 4.79 Å². The first-order chi connectivity index (χ1) is 15.1. The Bertz CT molecular complexity index is 1180. The van der Waals surface area contributed by atoms with Gasteiger partial charge in [0.25, 0.3) is 5.91 Å². The molecule has 31 heavy (non-hydrogen) atoms. The molecule has 0 spiro atoms. The maximum atomic E-state index is 13.3. The van der Waals surface area contributed by atoms with Crippen molar-refractivity contribution < 1.29 is 9.53 Å². The molecule has 4 nitrogen and oxygen atoms in total. The molecule has 4 rings (SSSR count). The van der Waals surface area contributed by atoms with Gasteiger partial charge in [0.15, 0.2) is 6.61 Å². The van der Waals surface area contributed by atoms with Gasteiger partial charge in [0.1, 0.15) is 5.75 Å². The van der Waals surface area contributed by atoms with E-state index >= 15 is 0 Å². The fraction of sp³-hybridized carbons (Fsp3) is 0.192. The summed E-state index contributed by atoms with van der Waals surface area (Å²) in [4.78, 5) is 18.5. The van der Waals surface area contributed by atoms with Crippen LogP contribution in [0.4, 0.5) is 0 Å². The number of ether oxygens (including phenoxy) is 1.